The Balaban J connectivity index is 1.47. The molecule has 1 N–H and O–H groups in total. The molecular formula is C24H21ClN2O3S2. The zero-order valence-corrected chi connectivity index (χ0v) is 19.5. The molecule has 0 unspecified atom stereocenters. The first-order valence-electron chi connectivity index (χ1n) is 10.4. The average Bonchev–Trinajstić information content (AvgIpc) is 3.09. The fourth-order valence-electron chi connectivity index (χ4n) is 4.29. The van der Waals surface area contributed by atoms with Crippen LogP contribution in [0.4, 0.5) is 0 Å². The molecule has 0 spiro atoms. The van der Waals surface area contributed by atoms with E-state index in [1.165, 1.54) is 5.56 Å². The van der Waals surface area contributed by atoms with Gasteiger partial charge in [-0.1, -0.05) is 65.4 Å². The van der Waals surface area contributed by atoms with Crippen molar-refractivity contribution in [3.63, 3.8) is 0 Å². The molecule has 8 heteroatoms. The van der Waals surface area contributed by atoms with Gasteiger partial charge in [0.15, 0.2) is 0 Å². The van der Waals surface area contributed by atoms with Crippen LogP contribution in [0.1, 0.15) is 35.6 Å². The molecular weight excluding hydrogens is 464 g/mol. The predicted octanol–water partition coefficient (Wildman–Crippen LogP) is 5.12. The number of hydrogen-bond donors (Lipinski definition) is 1. The highest BCUT2D eigenvalue weighted by Gasteiger charge is 2.26. The van der Waals surface area contributed by atoms with Crippen LogP contribution in [0.2, 0.25) is 5.02 Å². The summed E-state index contributed by atoms with van der Waals surface area (Å²) in [7, 11) is -3.74. The SMILES string of the molecule is O=c1sc2cc(S(=O)(=O)N[C@H]3CCCc4ccccc43)ccc2n1Cc1ccccc1Cl. The number of nitrogens with zero attached hydrogens (tertiary/aromatic N) is 1. The molecule has 164 valence electrons. The third kappa shape index (κ3) is 4.01. The number of aryl methyl sites for hydroxylation is 1. The van der Waals surface area contributed by atoms with E-state index in [1.807, 2.05) is 36.4 Å². The Morgan fingerprint density at radius 2 is 1.84 bits per heavy atom. The molecule has 1 aromatic heterocycles. The van der Waals surface area contributed by atoms with E-state index >= 15 is 0 Å². The fourth-order valence-corrected chi connectivity index (χ4v) is 6.77. The number of fused-ring (bicyclic) bond motifs is 2. The van der Waals surface area contributed by atoms with Crippen molar-refractivity contribution in [1.29, 1.82) is 0 Å². The first-order chi connectivity index (χ1) is 15.4. The van der Waals surface area contributed by atoms with E-state index < -0.39 is 10.0 Å². The Hall–Kier alpha value is -2.45. The van der Waals surface area contributed by atoms with Crippen molar-refractivity contribution in [2.24, 2.45) is 0 Å². The number of rotatable bonds is 5. The first kappa shape index (κ1) is 21.4. The zero-order chi connectivity index (χ0) is 22.3. The Bertz CT molecular complexity index is 1470. The topological polar surface area (TPSA) is 68.2 Å². The van der Waals surface area contributed by atoms with Gasteiger partial charge in [-0.2, -0.15) is 0 Å². The van der Waals surface area contributed by atoms with Crippen LogP contribution in [0, 0.1) is 0 Å². The normalized spacial score (nSPS) is 16.2. The van der Waals surface area contributed by atoms with E-state index in [1.54, 1.807) is 28.8 Å². The molecule has 4 aromatic rings. The lowest BCUT2D eigenvalue weighted by Crippen LogP contribution is -2.31. The first-order valence-corrected chi connectivity index (χ1v) is 13.1. The second-order valence-electron chi connectivity index (χ2n) is 7.94. The highest BCUT2D eigenvalue weighted by Crippen LogP contribution is 2.31. The summed E-state index contributed by atoms with van der Waals surface area (Å²) in [6, 6.07) is 20.0. The lowest BCUT2D eigenvalue weighted by molar-refractivity contribution is 0.507. The van der Waals surface area contributed by atoms with Gasteiger partial charge in [0.2, 0.25) is 10.0 Å². The van der Waals surface area contributed by atoms with Gasteiger partial charge in [0.05, 0.1) is 21.7 Å². The third-order valence-corrected chi connectivity index (χ3v) is 8.68. The highest BCUT2D eigenvalue weighted by atomic mass is 35.5. The monoisotopic (exact) mass is 484 g/mol. The molecule has 3 aromatic carbocycles. The molecule has 1 atom stereocenters. The van der Waals surface area contributed by atoms with Crippen molar-refractivity contribution in [3.8, 4) is 0 Å². The predicted molar refractivity (Wildman–Crippen MR) is 129 cm³/mol. The van der Waals surface area contributed by atoms with E-state index in [9.17, 15) is 13.2 Å². The fraction of sp³-hybridized carbons (Fsp3) is 0.208. The van der Waals surface area contributed by atoms with E-state index in [-0.39, 0.29) is 15.8 Å². The van der Waals surface area contributed by atoms with E-state index in [0.29, 0.717) is 21.8 Å². The van der Waals surface area contributed by atoms with Crippen LogP contribution < -0.4 is 9.60 Å². The smallest absolute Gasteiger partial charge is 0.294 e. The van der Waals surface area contributed by atoms with Crippen LogP contribution >= 0.6 is 22.9 Å². The largest absolute Gasteiger partial charge is 0.308 e. The molecule has 0 saturated carbocycles. The lowest BCUT2D eigenvalue weighted by atomic mass is 9.88. The van der Waals surface area contributed by atoms with Crippen LogP contribution in [-0.4, -0.2) is 13.0 Å². The van der Waals surface area contributed by atoms with Crippen molar-refractivity contribution in [2.75, 3.05) is 0 Å². The van der Waals surface area contributed by atoms with Crippen molar-refractivity contribution < 1.29 is 8.42 Å². The third-order valence-electron chi connectivity index (χ3n) is 5.90. The van der Waals surface area contributed by atoms with Crippen LogP contribution in [0.5, 0.6) is 0 Å². The summed E-state index contributed by atoms with van der Waals surface area (Å²) in [6.07, 6.45) is 2.67. The molecule has 5 nitrogen and oxygen atoms in total. The number of benzene rings is 3. The van der Waals surface area contributed by atoms with Crippen LogP contribution in [0.3, 0.4) is 0 Å². The maximum atomic E-state index is 13.2. The van der Waals surface area contributed by atoms with Crippen molar-refractivity contribution in [2.45, 2.75) is 36.7 Å². The minimum Gasteiger partial charge on any atom is -0.294 e. The number of nitrogens with one attached hydrogen (secondary N) is 1. The van der Waals surface area contributed by atoms with E-state index in [2.05, 4.69) is 10.8 Å². The van der Waals surface area contributed by atoms with Gasteiger partial charge < -0.3 is 0 Å². The molecule has 1 heterocycles. The Morgan fingerprint density at radius 3 is 2.69 bits per heavy atom. The summed E-state index contributed by atoms with van der Waals surface area (Å²) >= 11 is 7.30. The van der Waals surface area contributed by atoms with Crippen LogP contribution in [0.25, 0.3) is 10.2 Å². The summed E-state index contributed by atoms with van der Waals surface area (Å²) < 4.78 is 31.5. The van der Waals surface area contributed by atoms with Crippen LogP contribution in [-0.2, 0) is 23.0 Å². The highest BCUT2D eigenvalue weighted by molar-refractivity contribution is 7.89. The van der Waals surface area contributed by atoms with Crippen molar-refractivity contribution >= 4 is 43.2 Å². The summed E-state index contributed by atoms with van der Waals surface area (Å²) in [5.41, 5.74) is 3.77. The minimum atomic E-state index is -3.74. The number of aromatic nitrogens is 1. The lowest BCUT2D eigenvalue weighted by Gasteiger charge is -2.26. The van der Waals surface area contributed by atoms with Gasteiger partial charge >= 0.3 is 4.87 Å². The standard InChI is InChI=1S/C24H21ClN2O3S2/c25-20-10-4-2-7-17(20)15-27-22-13-12-18(14-23(22)31-24(27)28)32(29,30)26-21-11-5-8-16-6-1-3-9-19(16)21/h1-4,6-7,9-10,12-14,21,26H,5,8,11,15H2/t21-/m0/s1. The minimum absolute atomic E-state index is 0.149. The molecule has 0 amide bonds. The van der Waals surface area contributed by atoms with E-state index in [4.69, 9.17) is 11.6 Å². The average molecular weight is 485 g/mol. The van der Waals surface area contributed by atoms with Crippen LogP contribution in [0.15, 0.2) is 76.4 Å². The zero-order valence-electron chi connectivity index (χ0n) is 17.1. The van der Waals surface area contributed by atoms with E-state index in [0.717, 1.165) is 41.7 Å². The molecule has 0 saturated heterocycles. The van der Waals surface area contributed by atoms with Crippen molar-refractivity contribution in [3.05, 3.63) is 98.1 Å². The van der Waals surface area contributed by atoms with Gasteiger partial charge in [-0.25, -0.2) is 13.1 Å². The number of halogens is 1. The Labute approximate surface area is 195 Å². The molecule has 32 heavy (non-hydrogen) atoms. The number of thiazole rings is 1. The summed E-state index contributed by atoms with van der Waals surface area (Å²) in [4.78, 5) is 12.7. The molecule has 5 rings (SSSR count). The van der Waals surface area contributed by atoms with Gasteiger partial charge in [0.1, 0.15) is 0 Å². The molecule has 0 bridgehead atoms. The maximum Gasteiger partial charge on any atom is 0.308 e. The molecule has 1 aliphatic carbocycles. The van der Waals surface area contributed by atoms with Gasteiger partial charge in [0.25, 0.3) is 0 Å². The summed E-state index contributed by atoms with van der Waals surface area (Å²) in [6.45, 7) is 0.335. The molecule has 1 aliphatic rings. The number of hydrogen-bond acceptors (Lipinski definition) is 4. The quantitative estimate of drug-likeness (QED) is 0.427. The number of sulfonamides is 1. The molecule has 0 radical (unpaired) electrons. The van der Waals surface area contributed by atoms with Gasteiger partial charge in [0, 0.05) is 11.1 Å². The Kier molecular flexibility index (Phi) is 5.67. The second-order valence-corrected chi connectivity index (χ2v) is 11.1. The van der Waals surface area contributed by atoms with Gasteiger partial charge in [-0.3, -0.25) is 9.36 Å². The van der Waals surface area contributed by atoms with Gasteiger partial charge in [-0.05, 0) is 60.2 Å². The Morgan fingerprint density at radius 1 is 1.06 bits per heavy atom. The second kappa shape index (κ2) is 8.48. The van der Waals surface area contributed by atoms with Crippen molar-refractivity contribution in [1.82, 2.24) is 9.29 Å². The maximum absolute atomic E-state index is 13.2. The molecule has 0 aliphatic heterocycles. The summed E-state index contributed by atoms with van der Waals surface area (Å²) in [5, 5.41) is 0.593. The molecule has 0 fully saturated rings. The summed E-state index contributed by atoms with van der Waals surface area (Å²) in [5.74, 6) is 0. The van der Waals surface area contributed by atoms with Gasteiger partial charge in [-0.15, -0.1) is 0 Å².